The summed E-state index contributed by atoms with van der Waals surface area (Å²) in [6, 6.07) is 3.04. The number of benzene rings is 1. The minimum atomic E-state index is -0.526. The highest BCUT2D eigenvalue weighted by atomic mass is 16.5. The van der Waals surface area contributed by atoms with E-state index in [-0.39, 0.29) is 58.6 Å². The van der Waals surface area contributed by atoms with E-state index in [1.165, 1.54) is 31.8 Å². The summed E-state index contributed by atoms with van der Waals surface area (Å²) in [5.41, 5.74) is 5.55. The number of fused-ring (bicyclic) bond motifs is 1. The number of rotatable bonds is 8. The summed E-state index contributed by atoms with van der Waals surface area (Å²) in [5, 5.41) is 5.42. The molecule has 0 saturated heterocycles. The Balaban J connectivity index is 2.07. The zero-order valence-corrected chi connectivity index (χ0v) is 18.5. The molecule has 174 valence electrons. The zero-order chi connectivity index (χ0) is 24.1. The van der Waals surface area contributed by atoms with E-state index in [0.29, 0.717) is 5.39 Å². The van der Waals surface area contributed by atoms with Gasteiger partial charge in [-0.25, -0.2) is 15.0 Å². The smallest absolute Gasteiger partial charge is 0.263 e. The molecular formula is C21H25N7O5. The number of aromatic nitrogens is 2. The van der Waals surface area contributed by atoms with Crippen LogP contribution in [0.3, 0.4) is 0 Å². The van der Waals surface area contributed by atoms with Gasteiger partial charge in [0.25, 0.3) is 17.4 Å². The maximum absolute atomic E-state index is 13.3. The van der Waals surface area contributed by atoms with Crippen molar-refractivity contribution in [2.24, 2.45) is 15.7 Å². The van der Waals surface area contributed by atoms with Crippen LogP contribution in [0.15, 0.2) is 38.7 Å². The fraction of sp³-hybridized carbons (Fsp3) is 0.333. The number of amides is 2. The molecule has 3 rings (SSSR count). The Kier molecular flexibility index (Phi) is 7.06. The molecule has 0 radical (unpaired) electrons. The monoisotopic (exact) mass is 455 g/mol. The molecule has 1 saturated carbocycles. The summed E-state index contributed by atoms with van der Waals surface area (Å²) in [4.78, 5) is 49.3. The average molecular weight is 455 g/mol. The molecule has 12 nitrogen and oxygen atoms in total. The summed E-state index contributed by atoms with van der Waals surface area (Å²) in [6.07, 6.45) is 2.83. The van der Waals surface area contributed by atoms with Crippen LogP contribution < -0.4 is 31.4 Å². The number of hydrogen-bond donors (Lipinski definition) is 3. The predicted octanol–water partition coefficient (Wildman–Crippen LogP) is 0.722. The van der Waals surface area contributed by atoms with Gasteiger partial charge in [-0.3, -0.25) is 24.3 Å². The quantitative estimate of drug-likeness (QED) is 0.300. The van der Waals surface area contributed by atoms with Gasteiger partial charge >= 0.3 is 0 Å². The van der Waals surface area contributed by atoms with Crippen LogP contribution in [-0.4, -0.2) is 54.8 Å². The zero-order valence-electron chi connectivity index (χ0n) is 18.5. The number of methoxy groups -OCH3 is 1. The lowest BCUT2D eigenvalue weighted by Crippen LogP contribution is -2.27. The van der Waals surface area contributed by atoms with E-state index >= 15 is 0 Å². The first-order valence-electron chi connectivity index (χ1n) is 10.0. The number of carbonyl (C=O) groups is 2. The van der Waals surface area contributed by atoms with Gasteiger partial charge in [0.05, 0.1) is 12.5 Å². The minimum Gasteiger partial charge on any atom is -0.491 e. The molecule has 1 aliphatic carbocycles. The lowest BCUT2D eigenvalue weighted by atomic mass is 10.2. The second-order valence-corrected chi connectivity index (χ2v) is 7.21. The fourth-order valence-electron chi connectivity index (χ4n) is 2.97. The van der Waals surface area contributed by atoms with Gasteiger partial charge in [0.2, 0.25) is 11.9 Å². The number of carbonyl (C=O) groups excluding carboxylic acids is 2. The van der Waals surface area contributed by atoms with Gasteiger partial charge in [-0.15, -0.1) is 0 Å². The van der Waals surface area contributed by atoms with Crippen molar-refractivity contribution < 1.29 is 19.1 Å². The molecule has 1 fully saturated rings. The van der Waals surface area contributed by atoms with Crippen molar-refractivity contribution >= 4 is 41.3 Å². The van der Waals surface area contributed by atoms with Gasteiger partial charge in [-0.2, -0.15) is 0 Å². The number of aliphatic imine (C=N–C) groups is 2. The van der Waals surface area contributed by atoms with Crippen molar-refractivity contribution in [3.05, 3.63) is 34.3 Å². The molecule has 2 amide bonds. The summed E-state index contributed by atoms with van der Waals surface area (Å²) in [6.45, 7) is 4.54. The predicted molar refractivity (Wildman–Crippen MR) is 124 cm³/mol. The summed E-state index contributed by atoms with van der Waals surface area (Å²) in [5.74, 6) is -0.474. The molecule has 1 aromatic heterocycles. The van der Waals surface area contributed by atoms with Gasteiger partial charge in [0.15, 0.2) is 18.1 Å². The number of nitrogens with two attached hydrogens (primary N) is 1. The molecule has 33 heavy (non-hydrogen) atoms. The Labute approximate surface area is 189 Å². The van der Waals surface area contributed by atoms with Crippen LogP contribution in [0.25, 0.3) is 10.9 Å². The number of anilines is 1. The summed E-state index contributed by atoms with van der Waals surface area (Å²) in [7, 11) is 2.89. The number of nitrogens with zero attached hydrogens (tertiary/aromatic N) is 4. The van der Waals surface area contributed by atoms with Crippen molar-refractivity contribution in [2.75, 3.05) is 26.1 Å². The molecule has 12 heteroatoms. The van der Waals surface area contributed by atoms with E-state index in [2.05, 4.69) is 32.3 Å². The van der Waals surface area contributed by atoms with Gasteiger partial charge in [0, 0.05) is 24.9 Å². The van der Waals surface area contributed by atoms with Crippen LogP contribution >= 0.6 is 0 Å². The first-order valence-corrected chi connectivity index (χ1v) is 10.0. The highest BCUT2D eigenvalue weighted by Crippen LogP contribution is 2.38. The first-order chi connectivity index (χ1) is 15.8. The molecule has 0 aliphatic heterocycles. The van der Waals surface area contributed by atoms with Gasteiger partial charge in [0.1, 0.15) is 5.52 Å². The Bertz CT molecular complexity index is 1230. The summed E-state index contributed by atoms with van der Waals surface area (Å²) >= 11 is 0. The van der Waals surface area contributed by atoms with Gasteiger partial charge in [-0.1, -0.05) is 0 Å². The highest BCUT2D eigenvalue weighted by Gasteiger charge is 2.30. The van der Waals surface area contributed by atoms with Crippen molar-refractivity contribution in [1.82, 2.24) is 14.9 Å². The van der Waals surface area contributed by atoms with E-state index in [1.807, 2.05) is 0 Å². The third-order valence-electron chi connectivity index (χ3n) is 4.88. The second kappa shape index (κ2) is 9.94. The van der Waals surface area contributed by atoms with Crippen LogP contribution in [-0.2, 0) is 9.59 Å². The highest BCUT2D eigenvalue weighted by molar-refractivity contribution is 6.03. The third kappa shape index (κ3) is 5.17. The largest absolute Gasteiger partial charge is 0.491 e. The number of hydrogen-bond acceptors (Lipinski definition) is 7. The van der Waals surface area contributed by atoms with Crippen molar-refractivity contribution in [3.63, 3.8) is 0 Å². The van der Waals surface area contributed by atoms with E-state index < -0.39 is 5.91 Å². The van der Waals surface area contributed by atoms with Crippen molar-refractivity contribution in [3.8, 4) is 11.5 Å². The number of guanidine groups is 1. The molecule has 1 aromatic carbocycles. The molecular weight excluding hydrogens is 430 g/mol. The molecule has 0 spiro atoms. The molecule has 4 N–H and O–H groups in total. The fourth-order valence-corrected chi connectivity index (χ4v) is 2.97. The van der Waals surface area contributed by atoms with E-state index in [4.69, 9.17) is 15.2 Å². The lowest BCUT2D eigenvalue weighted by molar-refractivity contribution is -0.122. The van der Waals surface area contributed by atoms with Crippen LogP contribution in [0, 0.1) is 0 Å². The number of ether oxygens (including phenoxy) is 2. The topological polar surface area (TPSA) is 162 Å². The first kappa shape index (κ1) is 23.4. The van der Waals surface area contributed by atoms with Gasteiger partial charge < -0.3 is 20.5 Å². The SMILES string of the molecule is C=N/C(N)=N\C=C(/C)C(=O)Nc1nc2c(OC)c(OCC(=O)NC)ccc2c(=O)n1C1CC1. The molecule has 0 atom stereocenters. The molecule has 0 bridgehead atoms. The lowest BCUT2D eigenvalue weighted by Gasteiger charge is -2.16. The maximum atomic E-state index is 13.3. The van der Waals surface area contributed by atoms with Crippen molar-refractivity contribution in [1.29, 1.82) is 0 Å². The van der Waals surface area contributed by atoms with E-state index in [9.17, 15) is 14.4 Å². The normalized spacial score (nSPS) is 14.0. The van der Waals surface area contributed by atoms with Crippen LogP contribution in [0.2, 0.25) is 0 Å². The number of nitrogens with one attached hydrogen (secondary N) is 2. The van der Waals surface area contributed by atoms with E-state index in [0.717, 1.165) is 12.8 Å². The van der Waals surface area contributed by atoms with Gasteiger partial charge in [-0.05, 0) is 38.6 Å². The number of likely N-dealkylation sites (N-methyl/N-ethyl adjacent to an activating group) is 1. The Hall–Kier alpha value is -4.22. The summed E-state index contributed by atoms with van der Waals surface area (Å²) < 4.78 is 12.4. The average Bonchev–Trinajstić information content (AvgIpc) is 3.65. The Morgan fingerprint density at radius 3 is 2.73 bits per heavy atom. The Morgan fingerprint density at radius 2 is 2.12 bits per heavy atom. The molecule has 1 heterocycles. The Morgan fingerprint density at radius 1 is 1.39 bits per heavy atom. The van der Waals surface area contributed by atoms with Crippen LogP contribution in [0.5, 0.6) is 11.5 Å². The van der Waals surface area contributed by atoms with E-state index in [1.54, 1.807) is 12.1 Å². The molecule has 0 unspecified atom stereocenters. The standard InChI is InChI=1S/C21H25N7O5/c1-11(9-25-20(22)24-3)18(30)27-21-26-16-13(19(31)28(21)12-5-6-12)7-8-14(17(16)32-4)33-10-15(29)23-2/h7-9,12H,3,5-6,10H2,1-2,4H3,(H2,22,25)(H,23,29)(H,26,27,30)/b11-9+. The van der Waals surface area contributed by atoms with Crippen LogP contribution in [0.4, 0.5) is 5.95 Å². The second-order valence-electron chi connectivity index (χ2n) is 7.21. The van der Waals surface area contributed by atoms with Crippen molar-refractivity contribution in [2.45, 2.75) is 25.8 Å². The molecule has 2 aromatic rings. The third-order valence-corrected chi connectivity index (χ3v) is 4.88. The van der Waals surface area contributed by atoms with Crippen LogP contribution in [0.1, 0.15) is 25.8 Å². The maximum Gasteiger partial charge on any atom is 0.263 e. The molecule has 1 aliphatic rings. The minimum absolute atomic E-state index is 0.0632.